The van der Waals surface area contributed by atoms with Gasteiger partial charge >= 0.3 is 0 Å². The summed E-state index contributed by atoms with van der Waals surface area (Å²) in [5.41, 5.74) is 1.17. The number of aryl methyl sites for hydroxylation is 1. The monoisotopic (exact) mass is 288 g/mol. The fraction of sp³-hybridized carbons (Fsp3) is 0.750. The summed E-state index contributed by atoms with van der Waals surface area (Å²) >= 11 is 0. The fourth-order valence-corrected chi connectivity index (χ4v) is 2.07. The van der Waals surface area contributed by atoms with E-state index in [1.807, 2.05) is 10.8 Å². The maximum Gasteiger partial charge on any atom is 0.208 e. The SMILES string of the molecule is CC(C)(C)NCc1cncn1CCCNS(C)(=O)=O. The van der Waals surface area contributed by atoms with E-state index >= 15 is 0 Å². The lowest BCUT2D eigenvalue weighted by atomic mass is 10.1. The molecule has 0 fully saturated rings. The van der Waals surface area contributed by atoms with Crippen molar-refractivity contribution in [1.82, 2.24) is 19.6 Å². The standard InChI is InChI=1S/C12H24N4O2S/c1-12(2,3)14-9-11-8-13-10-16(11)7-5-6-15-19(4,17)18/h8,10,14-15H,5-7,9H2,1-4H3. The van der Waals surface area contributed by atoms with Gasteiger partial charge in [-0.3, -0.25) is 0 Å². The van der Waals surface area contributed by atoms with Gasteiger partial charge < -0.3 is 9.88 Å². The minimum Gasteiger partial charge on any atom is -0.333 e. The van der Waals surface area contributed by atoms with Crippen molar-refractivity contribution in [3.8, 4) is 0 Å². The first kappa shape index (κ1) is 16.1. The second-order valence-corrected chi connectivity index (χ2v) is 7.53. The molecule has 0 aliphatic carbocycles. The van der Waals surface area contributed by atoms with Crippen LogP contribution in [0.1, 0.15) is 32.9 Å². The van der Waals surface area contributed by atoms with Gasteiger partial charge in [0, 0.05) is 31.4 Å². The molecule has 0 saturated heterocycles. The molecule has 1 aromatic heterocycles. The Morgan fingerprint density at radius 3 is 2.63 bits per heavy atom. The van der Waals surface area contributed by atoms with Gasteiger partial charge in [0.25, 0.3) is 0 Å². The molecule has 1 aromatic rings. The highest BCUT2D eigenvalue weighted by atomic mass is 32.2. The highest BCUT2D eigenvalue weighted by Gasteiger charge is 2.10. The van der Waals surface area contributed by atoms with Crippen LogP contribution >= 0.6 is 0 Å². The van der Waals surface area contributed by atoms with Crippen LogP contribution in [0.2, 0.25) is 0 Å². The highest BCUT2D eigenvalue weighted by molar-refractivity contribution is 7.88. The summed E-state index contributed by atoms with van der Waals surface area (Å²) in [6, 6.07) is 0. The topological polar surface area (TPSA) is 76.0 Å². The second kappa shape index (κ2) is 6.49. The third-order valence-corrected chi connectivity index (χ3v) is 3.27. The molecule has 110 valence electrons. The van der Waals surface area contributed by atoms with E-state index in [-0.39, 0.29) is 5.54 Å². The van der Waals surface area contributed by atoms with Gasteiger partial charge in [0.1, 0.15) is 0 Å². The van der Waals surface area contributed by atoms with Gasteiger partial charge in [0.2, 0.25) is 10.0 Å². The van der Waals surface area contributed by atoms with Gasteiger partial charge in [-0.2, -0.15) is 0 Å². The third-order valence-electron chi connectivity index (χ3n) is 2.54. The largest absolute Gasteiger partial charge is 0.333 e. The van der Waals surface area contributed by atoms with Crippen molar-refractivity contribution in [1.29, 1.82) is 0 Å². The van der Waals surface area contributed by atoms with Crippen molar-refractivity contribution in [3.63, 3.8) is 0 Å². The van der Waals surface area contributed by atoms with Crippen molar-refractivity contribution in [2.45, 2.75) is 45.8 Å². The lowest BCUT2D eigenvalue weighted by Gasteiger charge is -2.21. The first-order valence-corrected chi connectivity index (χ1v) is 8.25. The lowest BCUT2D eigenvalue weighted by molar-refractivity contribution is 0.414. The molecule has 19 heavy (non-hydrogen) atoms. The molecule has 0 saturated carbocycles. The summed E-state index contributed by atoms with van der Waals surface area (Å²) in [7, 11) is -3.09. The number of rotatable bonds is 7. The van der Waals surface area contributed by atoms with E-state index in [0.29, 0.717) is 6.54 Å². The zero-order valence-electron chi connectivity index (χ0n) is 12.1. The van der Waals surface area contributed by atoms with Gasteiger partial charge in [0.15, 0.2) is 0 Å². The molecule has 0 bridgehead atoms. The van der Waals surface area contributed by atoms with Crippen LogP contribution in [0, 0.1) is 0 Å². The van der Waals surface area contributed by atoms with E-state index < -0.39 is 10.0 Å². The molecule has 0 spiro atoms. The fourth-order valence-electron chi connectivity index (χ4n) is 1.56. The van der Waals surface area contributed by atoms with Crippen LogP contribution in [0.25, 0.3) is 0 Å². The molecule has 6 nitrogen and oxygen atoms in total. The third kappa shape index (κ3) is 7.29. The molecule has 1 heterocycles. The van der Waals surface area contributed by atoms with Crippen LogP contribution in [0.3, 0.4) is 0 Å². The minimum absolute atomic E-state index is 0.0624. The second-order valence-electron chi connectivity index (χ2n) is 5.70. The number of hydrogen-bond donors (Lipinski definition) is 2. The summed E-state index contributed by atoms with van der Waals surface area (Å²) in [4.78, 5) is 4.13. The van der Waals surface area contributed by atoms with Crippen molar-refractivity contribution in [3.05, 3.63) is 18.2 Å². The molecule has 7 heteroatoms. The predicted molar refractivity (Wildman–Crippen MR) is 76.3 cm³/mol. The van der Waals surface area contributed by atoms with Crippen LogP contribution < -0.4 is 10.0 Å². The number of nitrogens with one attached hydrogen (secondary N) is 2. The van der Waals surface area contributed by atoms with E-state index in [1.165, 1.54) is 6.26 Å². The Labute approximate surface area is 115 Å². The predicted octanol–water partition coefficient (Wildman–Crippen LogP) is 0.711. The van der Waals surface area contributed by atoms with Crippen molar-refractivity contribution >= 4 is 10.0 Å². The summed E-state index contributed by atoms with van der Waals surface area (Å²) in [6.07, 6.45) is 5.53. The maximum absolute atomic E-state index is 10.9. The number of aromatic nitrogens is 2. The van der Waals surface area contributed by atoms with E-state index in [2.05, 4.69) is 35.8 Å². The van der Waals surface area contributed by atoms with Gasteiger partial charge in [-0.1, -0.05) is 0 Å². The molecular formula is C12H24N4O2S. The Morgan fingerprint density at radius 2 is 2.05 bits per heavy atom. The molecule has 1 rings (SSSR count). The van der Waals surface area contributed by atoms with Crippen molar-refractivity contribution in [2.24, 2.45) is 0 Å². The Bertz CT molecular complexity index is 488. The van der Waals surface area contributed by atoms with Crippen LogP contribution in [-0.2, 0) is 23.1 Å². The van der Waals surface area contributed by atoms with Crippen LogP contribution in [0.5, 0.6) is 0 Å². The molecule has 0 amide bonds. The van der Waals surface area contributed by atoms with Crippen LogP contribution in [0.15, 0.2) is 12.5 Å². The van der Waals surface area contributed by atoms with Crippen molar-refractivity contribution in [2.75, 3.05) is 12.8 Å². The molecule has 0 unspecified atom stereocenters. The first-order chi connectivity index (χ1) is 8.67. The number of hydrogen-bond acceptors (Lipinski definition) is 4. The smallest absolute Gasteiger partial charge is 0.208 e. The number of sulfonamides is 1. The van der Waals surface area contributed by atoms with E-state index in [9.17, 15) is 8.42 Å². The number of nitrogens with zero attached hydrogens (tertiary/aromatic N) is 2. The van der Waals surface area contributed by atoms with Crippen LogP contribution in [0.4, 0.5) is 0 Å². The van der Waals surface area contributed by atoms with Gasteiger partial charge in [-0.25, -0.2) is 18.1 Å². The van der Waals surface area contributed by atoms with Gasteiger partial charge in [-0.05, 0) is 27.2 Å². The maximum atomic E-state index is 10.9. The summed E-state index contributed by atoms with van der Waals surface area (Å²) in [6.45, 7) is 8.30. The van der Waals surface area contributed by atoms with E-state index in [1.54, 1.807) is 6.33 Å². The molecule has 0 atom stereocenters. The Hall–Kier alpha value is -0.920. The average Bonchev–Trinajstić information content (AvgIpc) is 2.66. The summed E-state index contributed by atoms with van der Waals surface area (Å²) < 4.78 is 26.4. The first-order valence-electron chi connectivity index (χ1n) is 6.36. The van der Waals surface area contributed by atoms with Crippen LogP contribution in [-0.4, -0.2) is 36.3 Å². The van der Waals surface area contributed by atoms with E-state index in [0.717, 1.165) is 25.2 Å². The Morgan fingerprint density at radius 1 is 1.37 bits per heavy atom. The number of imidazole rings is 1. The molecule has 0 aromatic carbocycles. The lowest BCUT2D eigenvalue weighted by Crippen LogP contribution is -2.35. The quantitative estimate of drug-likeness (QED) is 0.725. The summed E-state index contributed by atoms with van der Waals surface area (Å²) in [5.74, 6) is 0. The minimum atomic E-state index is -3.09. The normalized spacial score (nSPS) is 12.8. The Balaban J connectivity index is 2.41. The molecular weight excluding hydrogens is 264 g/mol. The Kier molecular flexibility index (Phi) is 5.51. The zero-order chi connectivity index (χ0) is 14.5. The summed E-state index contributed by atoms with van der Waals surface area (Å²) in [5, 5.41) is 3.41. The van der Waals surface area contributed by atoms with E-state index in [4.69, 9.17) is 0 Å². The zero-order valence-corrected chi connectivity index (χ0v) is 12.9. The molecule has 2 N–H and O–H groups in total. The average molecular weight is 288 g/mol. The van der Waals surface area contributed by atoms with Gasteiger partial charge in [0.05, 0.1) is 18.3 Å². The molecule has 0 aliphatic rings. The molecule has 0 aliphatic heterocycles. The molecule has 0 radical (unpaired) electrons. The van der Waals surface area contributed by atoms with Crippen molar-refractivity contribution < 1.29 is 8.42 Å². The highest BCUT2D eigenvalue weighted by Crippen LogP contribution is 2.05. The van der Waals surface area contributed by atoms with Gasteiger partial charge in [-0.15, -0.1) is 0 Å².